The first-order valence-electron chi connectivity index (χ1n) is 3.87. The van der Waals surface area contributed by atoms with Gasteiger partial charge in [-0.25, -0.2) is 0 Å². The predicted molar refractivity (Wildman–Crippen MR) is 52.7 cm³/mol. The van der Waals surface area contributed by atoms with Gasteiger partial charge in [-0.15, -0.1) is 0 Å². The standard InChI is InChI=1S/C9H10BrNO2/c1-5-3-8(6(2)9(12)13)11-4-7(5)10/h3-4,6H,1-2H3,(H,12,13). The Balaban J connectivity index is 3.03. The van der Waals surface area contributed by atoms with E-state index in [-0.39, 0.29) is 0 Å². The number of carbonyl (C=O) groups is 1. The van der Waals surface area contributed by atoms with Crippen molar-refractivity contribution in [1.29, 1.82) is 0 Å². The molecule has 1 rings (SSSR count). The third-order valence-electron chi connectivity index (χ3n) is 1.88. The van der Waals surface area contributed by atoms with Crippen LogP contribution in [-0.4, -0.2) is 16.1 Å². The summed E-state index contributed by atoms with van der Waals surface area (Å²) in [5, 5.41) is 8.74. The summed E-state index contributed by atoms with van der Waals surface area (Å²) in [6.45, 7) is 3.53. The van der Waals surface area contributed by atoms with E-state index in [4.69, 9.17) is 5.11 Å². The molecule has 4 heteroatoms. The molecule has 0 amide bonds. The van der Waals surface area contributed by atoms with E-state index in [0.717, 1.165) is 10.0 Å². The molecule has 1 aromatic heterocycles. The van der Waals surface area contributed by atoms with Crippen LogP contribution in [0.5, 0.6) is 0 Å². The van der Waals surface area contributed by atoms with Crippen LogP contribution < -0.4 is 0 Å². The molecule has 1 aromatic rings. The highest BCUT2D eigenvalue weighted by atomic mass is 79.9. The van der Waals surface area contributed by atoms with E-state index in [1.54, 1.807) is 19.2 Å². The number of carboxylic acid groups (broad SMARTS) is 1. The molecule has 0 bridgehead atoms. The Morgan fingerprint density at radius 2 is 2.31 bits per heavy atom. The molecule has 1 atom stereocenters. The molecule has 0 aliphatic carbocycles. The second-order valence-electron chi connectivity index (χ2n) is 2.92. The molecule has 70 valence electrons. The minimum atomic E-state index is -0.853. The van der Waals surface area contributed by atoms with Crippen molar-refractivity contribution in [2.45, 2.75) is 19.8 Å². The number of aryl methyl sites for hydroxylation is 1. The van der Waals surface area contributed by atoms with Crippen LogP contribution in [0.2, 0.25) is 0 Å². The third-order valence-corrected chi connectivity index (χ3v) is 2.71. The van der Waals surface area contributed by atoms with Crippen molar-refractivity contribution in [1.82, 2.24) is 4.98 Å². The summed E-state index contributed by atoms with van der Waals surface area (Å²) in [7, 11) is 0. The zero-order valence-electron chi connectivity index (χ0n) is 7.41. The van der Waals surface area contributed by atoms with Crippen LogP contribution in [-0.2, 0) is 4.79 Å². The zero-order valence-corrected chi connectivity index (χ0v) is 9.00. The summed E-state index contributed by atoms with van der Waals surface area (Å²) >= 11 is 3.31. The minimum Gasteiger partial charge on any atom is -0.481 e. The smallest absolute Gasteiger partial charge is 0.312 e. The van der Waals surface area contributed by atoms with E-state index < -0.39 is 11.9 Å². The number of hydrogen-bond acceptors (Lipinski definition) is 2. The fourth-order valence-corrected chi connectivity index (χ4v) is 1.14. The fraction of sp³-hybridized carbons (Fsp3) is 0.333. The fourth-order valence-electron chi connectivity index (χ4n) is 0.924. The summed E-state index contributed by atoms with van der Waals surface area (Å²) < 4.78 is 0.897. The maximum absolute atomic E-state index is 10.6. The summed E-state index contributed by atoms with van der Waals surface area (Å²) in [5.41, 5.74) is 1.59. The molecule has 13 heavy (non-hydrogen) atoms. The van der Waals surface area contributed by atoms with Crippen LogP contribution in [0.15, 0.2) is 16.7 Å². The van der Waals surface area contributed by atoms with Gasteiger partial charge in [0.25, 0.3) is 0 Å². The first kappa shape index (κ1) is 10.2. The lowest BCUT2D eigenvalue weighted by atomic mass is 10.1. The third kappa shape index (κ3) is 2.28. The Hall–Kier alpha value is -0.900. The lowest BCUT2D eigenvalue weighted by Crippen LogP contribution is -2.09. The maximum atomic E-state index is 10.6. The van der Waals surface area contributed by atoms with E-state index in [9.17, 15) is 4.79 Å². The normalized spacial score (nSPS) is 12.5. The summed E-state index contributed by atoms with van der Waals surface area (Å²) in [6, 6.07) is 1.78. The highest BCUT2D eigenvalue weighted by Crippen LogP contribution is 2.19. The van der Waals surface area contributed by atoms with Gasteiger partial charge in [-0.3, -0.25) is 9.78 Å². The van der Waals surface area contributed by atoms with Crippen molar-refractivity contribution in [2.75, 3.05) is 0 Å². The average molecular weight is 244 g/mol. The van der Waals surface area contributed by atoms with Crippen molar-refractivity contribution < 1.29 is 9.90 Å². The Morgan fingerprint density at radius 1 is 1.69 bits per heavy atom. The van der Waals surface area contributed by atoms with Crippen molar-refractivity contribution >= 4 is 21.9 Å². The van der Waals surface area contributed by atoms with Gasteiger partial charge in [-0.05, 0) is 41.4 Å². The molecule has 1 heterocycles. The Labute approximate surface area is 84.9 Å². The van der Waals surface area contributed by atoms with Gasteiger partial charge in [0.2, 0.25) is 0 Å². The van der Waals surface area contributed by atoms with Gasteiger partial charge in [0, 0.05) is 10.7 Å². The topological polar surface area (TPSA) is 50.2 Å². The Kier molecular flexibility index (Phi) is 3.03. The van der Waals surface area contributed by atoms with Crippen molar-refractivity contribution in [3.63, 3.8) is 0 Å². The van der Waals surface area contributed by atoms with Crippen LogP contribution >= 0.6 is 15.9 Å². The van der Waals surface area contributed by atoms with Gasteiger partial charge in [0.1, 0.15) is 0 Å². The molecule has 0 fully saturated rings. The van der Waals surface area contributed by atoms with Gasteiger partial charge in [0.05, 0.1) is 11.6 Å². The van der Waals surface area contributed by atoms with Gasteiger partial charge < -0.3 is 5.11 Å². The Morgan fingerprint density at radius 3 is 2.77 bits per heavy atom. The van der Waals surface area contributed by atoms with Crippen molar-refractivity contribution in [2.24, 2.45) is 0 Å². The van der Waals surface area contributed by atoms with Gasteiger partial charge >= 0.3 is 5.97 Å². The highest BCUT2D eigenvalue weighted by molar-refractivity contribution is 9.10. The molecule has 0 saturated heterocycles. The van der Waals surface area contributed by atoms with Crippen LogP contribution in [0, 0.1) is 6.92 Å². The van der Waals surface area contributed by atoms with E-state index >= 15 is 0 Å². The van der Waals surface area contributed by atoms with Crippen LogP contribution in [0.1, 0.15) is 24.1 Å². The quantitative estimate of drug-likeness (QED) is 0.868. The number of halogens is 1. The number of pyridine rings is 1. The molecule has 0 radical (unpaired) electrons. The maximum Gasteiger partial charge on any atom is 0.312 e. The zero-order chi connectivity index (χ0) is 10.0. The molecular formula is C9H10BrNO2. The molecule has 1 unspecified atom stereocenters. The SMILES string of the molecule is Cc1cc(C(C)C(=O)O)ncc1Br. The average Bonchev–Trinajstić information content (AvgIpc) is 2.08. The van der Waals surface area contributed by atoms with Gasteiger partial charge in [-0.1, -0.05) is 0 Å². The van der Waals surface area contributed by atoms with Crippen LogP contribution in [0.25, 0.3) is 0 Å². The number of rotatable bonds is 2. The first-order valence-corrected chi connectivity index (χ1v) is 4.66. The molecule has 0 aliphatic rings. The summed E-state index contributed by atoms with van der Waals surface area (Å²) in [4.78, 5) is 14.7. The predicted octanol–water partition coefficient (Wildman–Crippen LogP) is 2.34. The Bertz CT molecular complexity index is 338. The van der Waals surface area contributed by atoms with E-state index in [1.165, 1.54) is 0 Å². The summed E-state index contributed by atoms with van der Waals surface area (Å²) in [6.07, 6.45) is 1.63. The second kappa shape index (κ2) is 3.87. The highest BCUT2D eigenvalue weighted by Gasteiger charge is 2.15. The molecule has 0 saturated carbocycles. The number of hydrogen-bond donors (Lipinski definition) is 1. The minimum absolute atomic E-state index is 0.549. The monoisotopic (exact) mass is 243 g/mol. The molecule has 0 aliphatic heterocycles. The second-order valence-corrected chi connectivity index (χ2v) is 3.77. The summed E-state index contributed by atoms with van der Waals surface area (Å²) in [5.74, 6) is -1.40. The van der Waals surface area contributed by atoms with Crippen LogP contribution in [0.3, 0.4) is 0 Å². The van der Waals surface area contributed by atoms with E-state index in [2.05, 4.69) is 20.9 Å². The molecule has 3 nitrogen and oxygen atoms in total. The number of aliphatic carboxylic acids is 1. The lowest BCUT2D eigenvalue weighted by Gasteiger charge is -2.06. The van der Waals surface area contributed by atoms with Crippen LogP contribution in [0.4, 0.5) is 0 Å². The van der Waals surface area contributed by atoms with Gasteiger partial charge in [-0.2, -0.15) is 0 Å². The van der Waals surface area contributed by atoms with Gasteiger partial charge in [0.15, 0.2) is 0 Å². The molecule has 1 N–H and O–H groups in total. The molecule has 0 spiro atoms. The lowest BCUT2D eigenvalue weighted by molar-refractivity contribution is -0.138. The number of nitrogens with zero attached hydrogens (tertiary/aromatic N) is 1. The first-order chi connectivity index (χ1) is 6.02. The van der Waals surface area contributed by atoms with Crippen molar-refractivity contribution in [3.05, 3.63) is 28.0 Å². The van der Waals surface area contributed by atoms with Crippen molar-refractivity contribution in [3.8, 4) is 0 Å². The molecule has 0 aromatic carbocycles. The van der Waals surface area contributed by atoms with E-state index in [0.29, 0.717) is 5.69 Å². The number of aromatic nitrogens is 1. The molecular weight excluding hydrogens is 234 g/mol. The largest absolute Gasteiger partial charge is 0.481 e. The number of carboxylic acids is 1. The van der Waals surface area contributed by atoms with E-state index in [1.807, 2.05) is 6.92 Å².